The quantitative estimate of drug-likeness (QED) is 0.398. The maximum Gasteiger partial charge on any atom is 0.320 e. The highest BCUT2D eigenvalue weighted by molar-refractivity contribution is 5.71. The summed E-state index contributed by atoms with van der Waals surface area (Å²) < 4.78 is 17.1. The zero-order chi connectivity index (χ0) is 21.0. The van der Waals surface area contributed by atoms with E-state index in [4.69, 9.17) is 14.2 Å². The van der Waals surface area contributed by atoms with E-state index in [1.54, 1.807) is 0 Å². The van der Waals surface area contributed by atoms with E-state index in [2.05, 4.69) is 9.80 Å². The Labute approximate surface area is 181 Å². The standard InChI is InChI=1S/C23H40N2O5/c1-2-29-22(27)16-25-5-3-24(4-6-25)15-21(26)17-28-7-8-30-23-12-18-9-19(13-23)11-20(10-18)14-23/h18-21,26H,2-17H2,1H3/t18?,19?,20?,21-,23?/m1/s1. The van der Waals surface area contributed by atoms with Crippen LogP contribution in [0.15, 0.2) is 0 Å². The van der Waals surface area contributed by atoms with Crippen molar-refractivity contribution < 1.29 is 24.1 Å². The Hall–Kier alpha value is -0.730. The number of β-amino-alcohol motifs (C(OH)–C–C–N with tert-alkyl or cyclic N) is 1. The van der Waals surface area contributed by atoms with Crippen molar-refractivity contribution in [2.24, 2.45) is 17.8 Å². The van der Waals surface area contributed by atoms with Gasteiger partial charge in [-0.05, 0) is 63.2 Å². The van der Waals surface area contributed by atoms with Gasteiger partial charge in [0.15, 0.2) is 0 Å². The molecule has 1 atom stereocenters. The van der Waals surface area contributed by atoms with Crippen LogP contribution >= 0.6 is 0 Å². The molecule has 0 spiro atoms. The lowest BCUT2D eigenvalue weighted by molar-refractivity contribution is -0.170. The summed E-state index contributed by atoms with van der Waals surface area (Å²) in [5.74, 6) is 2.54. The molecule has 1 aliphatic heterocycles. The summed E-state index contributed by atoms with van der Waals surface area (Å²) in [5, 5.41) is 10.3. The number of carbonyl (C=O) groups is 1. The average molecular weight is 425 g/mol. The molecule has 0 aromatic heterocycles. The lowest BCUT2D eigenvalue weighted by atomic mass is 9.54. The third-order valence-corrected chi connectivity index (χ3v) is 7.52. The van der Waals surface area contributed by atoms with Crippen molar-refractivity contribution in [1.29, 1.82) is 0 Å². The van der Waals surface area contributed by atoms with E-state index < -0.39 is 6.10 Å². The number of hydrogen-bond acceptors (Lipinski definition) is 7. The summed E-state index contributed by atoms with van der Waals surface area (Å²) in [4.78, 5) is 15.9. The number of aliphatic hydroxyl groups excluding tert-OH is 1. The highest BCUT2D eigenvalue weighted by Gasteiger charge is 2.51. The number of nitrogens with zero attached hydrogens (tertiary/aromatic N) is 2. The first-order valence-electron chi connectivity index (χ1n) is 12.0. The van der Waals surface area contributed by atoms with Crippen molar-refractivity contribution in [2.45, 2.75) is 57.2 Å². The Balaban J connectivity index is 1.05. The van der Waals surface area contributed by atoms with Crippen molar-refractivity contribution in [3.63, 3.8) is 0 Å². The molecule has 1 saturated heterocycles. The summed E-state index contributed by atoms with van der Waals surface area (Å²) in [6, 6.07) is 0. The van der Waals surface area contributed by atoms with Crippen LogP contribution in [0.4, 0.5) is 0 Å². The first kappa shape index (κ1) is 22.5. The van der Waals surface area contributed by atoms with Crippen LogP contribution in [-0.4, -0.2) is 98.3 Å². The topological polar surface area (TPSA) is 71.5 Å². The predicted molar refractivity (Wildman–Crippen MR) is 113 cm³/mol. The van der Waals surface area contributed by atoms with Crippen molar-refractivity contribution >= 4 is 5.97 Å². The van der Waals surface area contributed by atoms with Gasteiger partial charge in [0.05, 0.1) is 44.7 Å². The SMILES string of the molecule is CCOC(=O)CN1CCN(C[C@@H](O)COCCOC23CC4CC(CC(C4)C2)C3)CC1. The van der Waals surface area contributed by atoms with E-state index in [0.29, 0.717) is 39.5 Å². The smallest absolute Gasteiger partial charge is 0.320 e. The van der Waals surface area contributed by atoms with Gasteiger partial charge in [-0.25, -0.2) is 0 Å². The zero-order valence-electron chi connectivity index (χ0n) is 18.6. The molecular formula is C23H40N2O5. The second-order valence-corrected chi connectivity index (χ2v) is 10.1. The molecule has 0 amide bonds. The number of esters is 1. The highest BCUT2D eigenvalue weighted by Crippen LogP contribution is 2.57. The number of rotatable bonds is 11. The average Bonchev–Trinajstić information content (AvgIpc) is 2.68. The predicted octanol–water partition coefficient (Wildman–Crippen LogP) is 1.53. The van der Waals surface area contributed by atoms with Crippen LogP contribution in [0.5, 0.6) is 0 Å². The van der Waals surface area contributed by atoms with Gasteiger partial charge in [0.1, 0.15) is 0 Å². The van der Waals surface area contributed by atoms with Crippen LogP contribution in [0, 0.1) is 17.8 Å². The van der Waals surface area contributed by atoms with Gasteiger partial charge in [0, 0.05) is 32.7 Å². The van der Waals surface area contributed by atoms with Crippen LogP contribution in [0.25, 0.3) is 0 Å². The molecule has 5 fully saturated rings. The van der Waals surface area contributed by atoms with Gasteiger partial charge in [0.25, 0.3) is 0 Å². The minimum Gasteiger partial charge on any atom is -0.465 e. The first-order valence-corrected chi connectivity index (χ1v) is 12.0. The fourth-order valence-corrected chi connectivity index (χ4v) is 6.61. The molecule has 0 aromatic carbocycles. The van der Waals surface area contributed by atoms with Gasteiger partial charge in [0.2, 0.25) is 0 Å². The molecule has 4 bridgehead atoms. The van der Waals surface area contributed by atoms with Gasteiger partial charge in [-0.1, -0.05) is 0 Å². The lowest BCUT2D eigenvalue weighted by Crippen LogP contribution is -2.52. The zero-order valence-corrected chi connectivity index (χ0v) is 18.6. The van der Waals surface area contributed by atoms with E-state index in [9.17, 15) is 9.90 Å². The largest absolute Gasteiger partial charge is 0.465 e. The second-order valence-electron chi connectivity index (χ2n) is 10.1. The number of hydrogen-bond donors (Lipinski definition) is 1. The van der Waals surface area contributed by atoms with Crippen LogP contribution < -0.4 is 0 Å². The Morgan fingerprint density at radius 3 is 2.20 bits per heavy atom. The van der Waals surface area contributed by atoms with Crippen LogP contribution in [-0.2, 0) is 19.0 Å². The van der Waals surface area contributed by atoms with E-state index in [0.717, 1.165) is 43.9 Å². The minimum atomic E-state index is -0.485. The Bertz CT molecular complexity index is 529. The van der Waals surface area contributed by atoms with E-state index in [1.807, 2.05) is 6.92 Å². The van der Waals surface area contributed by atoms with Crippen molar-refractivity contribution in [2.75, 3.05) is 65.7 Å². The summed E-state index contributed by atoms with van der Waals surface area (Å²) >= 11 is 0. The molecule has 1 N–H and O–H groups in total. The third-order valence-electron chi connectivity index (χ3n) is 7.52. The van der Waals surface area contributed by atoms with Gasteiger partial charge >= 0.3 is 5.97 Å². The molecule has 5 rings (SSSR count). The molecule has 1 heterocycles. The molecular weight excluding hydrogens is 384 g/mol. The second kappa shape index (κ2) is 10.3. The van der Waals surface area contributed by atoms with Crippen molar-refractivity contribution in [3.8, 4) is 0 Å². The molecule has 4 aliphatic carbocycles. The van der Waals surface area contributed by atoms with Crippen LogP contribution in [0.1, 0.15) is 45.4 Å². The molecule has 30 heavy (non-hydrogen) atoms. The number of aliphatic hydroxyl groups is 1. The Morgan fingerprint density at radius 1 is 1.00 bits per heavy atom. The number of ether oxygens (including phenoxy) is 3. The van der Waals surface area contributed by atoms with E-state index >= 15 is 0 Å². The lowest BCUT2D eigenvalue weighted by Gasteiger charge is -2.56. The molecule has 7 heteroatoms. The monoisotopic (exact) mass is 424 g/mol. The highest BCUT2D eigenvalue weighted by atomic mass is 16.5. The summed E-state index contributed by atoms with van der Waals surface area (Å²) in [7, 11) is 0. The summed E-state index contributed by atoms with van der Waals surface area (Å²) in [6.45, 7) is 8.14. The molecule has 7 nitrogen and oxygen atoms in total. The summed E-state index contributed by atoms with van der Waals surface area (Å²) in [5.41, 5.74) is 0.139. The molecule has 172 valence electrons. The van der Waals surface area contributed by atoms with Crippen molar-refractivity contribution in [3.05, 3.63) is 0 Å². The molecule has 0 aromatic rings. The van der Waals surface area contributed by atoms with Gasteiger partial charge in [-0.3, -0.25) is 14.6 Å². The molecule has 0 radical (unpaired) electrons. The molecule has 5 aliphatic rings. The van der Waals surface area contributed by atoms with E-state index in [1.165, 1.54) is 38.5 Å². The Morgan fingerprint density at radius 2 is 1.60 bits per heavy atom. The van der Waals surface area contributed by atoms with Gasteiger partial charge in [-0.15, -0.1) is 0 Å². The number of piperazine rings is 1. The molecule has 0 unspecified atom stereocenters. The van der Waals surface area contributed by atoms with Crippen LogP contribution in [0.2, 0.25) is 0 Å². The summed E-state index contributed by atoms with van der Waals surface area (Å²) in [6.07, 6.45) is 7.57. The molecule has 4 saturated carbocycles. The number of carbonyl (C=O) groups excluding carboxylic acids is 1. The third kappa shape index (κ3) is 5.94. The normalized spacial score (nSPS) is 34.9. The minimum absolute atomic E-state index is 0.139. The van der Waals surface area contributed by atoms with Gasteiger partial charge in [-0.2, -0.15) is 0 Å². The Kier molecular flexibility index (Phi) is 7.68. The first-order chi connectivity index (χ1) is 14.5. The fraction of sp³-hybridized carbons (Fsp3) is 0.957. The van der Waals surface area contributed by atoms with E-state index in [-0.39, 0.29) is 11.6 Å². The van der Waals surface area contributed by atoms with Crippen LogP contribution in [0.3, 0.4) is 0 Å². The maximum atomic E-state index is 11.6. The van der Waals surface area contributed by atoms with Gasteiger partial charge < -0.3 is 19.3 Å². The van der Waals surface area contributed by atoms with Crippen molar-refractivity contribution in [1.82, 2.24) is 9.80 Å². The fourth-order valence-electron chi connectivity index (χ4n) is 6.61. The maximum absolute atomic E-state index is 11.6.